The standard InChI is InChI=1S/C22H27NO4/c1-4-26-19-12-10-17(11-13-19)20(24)14-15-22(25)23(3)16-18-8-6-7-9-21(18)27-5-2/h6-13H,4-5,14-16H2,1-3H3. The average molecular weight is 369 g/mol. The topological polar surface area (TPSA) is 55.8 Å². The highest BCUT2D eigenvalue weighted by Crippen LogP contribution is 2.20. The molecule has 0 radical (unpaired) electrons. The molecule has 0 saturated carbocycles. The van der Waals surface area contributed by atoms with Gasteiger partial charge in [-0.3, -0.25) is 9.59 Å². The number of rotatable bonds is 10. The molecule has 0 spiro atoms. The van der Waals surface area contributed by atoms with Crippen LogP contribution >= 0.6 is 0 Å². The van der Waals surface area contributed by atoms with Gasteiger partial charge in [-0.05, 0) is 44.2 Å². The third kappa shape index (κ3) is 6.13. The lowest BCUT2D eigenvalue weighted by Gasteiger charge is -2.19. The molecule has 1 amide bonds. The van der Waals surface area contributed by atoms with E-state index >= 15 is 0 Å². The molecule has 0 aromatic heterocycles. The van der Waals surface area contributed by atoms with Gasteiger partial charge in [-0.25, -0.2) is 0 Å². The first kappa shape index (κ1) is 20.5. The molecule has 0 aliphatic rings. The predicted molar refractivity (Wildman–Crippen MR) is 105 cm³/mol. The highest BCUT2D eigenvalue weighted by molar-refractivity contribution is 5.98. The molecule has 0 fully saturated rings. The van der Waals surface area contributed by atoms with E-state index in [9.17, 15) is 9.59 Å². The molecular weight excluding hydrogens is 342 g/mol. The molecule has 2 aromatic carbocycles. The van der Waals surface area contributed by atoms with Crippen LogP contribution in [-0.4, -0.2) is 36.9 Å². The lowest BCUT2D eigenvalue weighted by molar-refractivity contribution is -0.130. The Morgan fingerprint density at radius 3 is 2.22 bits per heavy atom. The molecule has 2 aromatic rings. The van der Waals surface area contributed by atoms with Crippen molar-refractivity contribution in [3.05, 3.63) is 59.7 Å². The van der Waals surface area contributed by atoms with Crippen LogP contribution in [0.25, 0.3) is 0 Å². The Labute approximate surface area is 160 Å². The van der Waals surface area contributed by atoms with Gasteiger partial charge < -0.3 is 14.4 Å². The SMILES string of the molecule is CCOc1ccc(C(=O)CCC(=O)N(C)Cc2ccccc2OCC)cc1. The first-order chi connectivity index (χ1) is 13.0. The number of ketones is 1. The summed E-state index contributed by atoms with van der Waals surface area (Å²) in [6.45, 7) is 5.45. The van der Waals surface area contributed by atoms with Crippen LogP contribution in [0.2, 0.25) is 0 Å². The quantitative estimate of drug-likeness (QED) is 0.592. The minimum absolute atomic E-state index is 0.0467. The zero-order chi connectivity index (χ0) is 19.6. The van der Waals surface area contributed by atoms with Crippen molar-refractivity contribution in [2.24, 2.45) is 0 Å². The second-order valence-electron chi connectivity index (χ2n) is 6.17. The van der Waals surface area contributed by atoms with Crippen molar-refractivity contribution in [2.45, 2.75) is 33.2 Å². The summed E-state index contributed by atoms with van der Waals surface area (Å²) in [7, 11) is 1.74. The molecule has 0 aliphatic heterocycles. The lowest BCUT2D eigenvalue weighted by atomic mass is 10.1. The minimum Gasteiger partial charge on any atom is -0.494 e. The molecule has 0 saturated heterocycles. The van der Waals surface area contributed by atoms with Crippen molar-refractivity contribution in [2.75, 3.05) is 20.3 Å². The summed E-state index contributed by atoms with van der Waals surface area (Å²) in [6, 6.07) is 14.7. The van der Waals surface area contributed by atoms with E-state index in [1.54, 1.807) is 36.2 Å². The molecule has 5 heteroatoms. The van der Waals surface area contributed by atoms with Crippen LogP contribution in [0.3, 0.4) is 0 Å². The summed E-state index contributed by atoms with van der Waals surface area (Å²) in [5, 5.41) is 0. The van der Waals surface area contributed by atoms with Crippen molar-refractivity contribution in [1.82, 2.24) is 4.90 Å². The van der Waals surface area contributed by atoms with E-state index in [0.29, 0.717) is 25.3 Å². The fourth-order valence-electron chi connectivity index (χ4n) is 2.73. The molecule has 0 N–H and O–H groups in total. The zero-order valence-corrected chi connectivity index (χ0v) is 16.2. The van der Waals surface area contributed by atoms with Crippen LogP contribution in [0.4, 0.5) is 0 Å². The van der Waals surface area contributed by atoms with E-state index in [4.69, 9.17) is 9.47 Å². The molecule has 144 valence electrons. The average Bonchev–Trinajstić information content (AvgIpc) is 2.68. The zero-order valence-electron chi connectivity index (χ0n) is 16.2. The van der Waals surface area contributed by atoms with E-state index in [2.05, 4.69) is 0 Å². The van der Waals surface area contributed by atoms with Gasteiger partial charge in [0.25, 0.3) is 0 Å². The van der Waals surface area contributed by atoms with Gasteiger partial charge in [0.05, 0.1) is 13.2 Å². The second-order valence-corrected chi connectivity index (χ2v) is 6.17. The van der Waals surface area contributed by atoms with Crippen LogP contribution in [0, 0.1) is 0 Å². The highest BCUT2D eigenvalue weighted by Gasteiger charge is 2.15. The molecular formula is C22H27NO4. The van der Waals surface area contributed by atoms with E-state index in [1.807, 2.05) is 38.1 Å². The molecule has 0 unspecified atom stereocenters. The first-order valence-corrected chi connectivity index (χ1v) is 9.25. The van der Waals surface area contributed by atoms with Crippen LogP contribution in [-0.2, 0) is 11.3 Å². The first-order valence-electron chi connectivity index (χ1n) is 9.25. The highest BCUT2D eigenvalue weighted by atomic mass is 16.5. The largest absolute Gasteiger partial charge is 0.494 e. The van der Waals surface area contributed by atoms with Crippen LogP contribution in [0.1, 0.15) is 42.6 Å². The molecule has 0 atom stereocenters. The maximum atomic E-state index is 12.4. The van der Waals surface area contributed by atoms with Crippen LogP contribution < -0.4 is 9.47 Å². The van der Waals surface area contributed by atoms with Crippen LogP contribution in [0.5, 0.6) is 11.5 Å². The van der Waals surface area contributed by atoms with E-state index in [1.165, 1.54) is 0 Å². The fraction of sp³-hybridized carbons (Fsp3) is 0.364. The predicted octanol–water partition coefficient (Wildman–Crippen LogP) is 4.11. The maximum Gasteiger partial charge on any atom is 0.223 e. The summed E-state index contributed by atoms with van der Waals surface area (Å²) in [4.78, 5) is 26.3. The Bertz CT molecular complexity index is 755. The number of hydrogen-bond donors (Lipinski definition) is 0. The van der Waals surface area contributed by atoms with Crippen molar-refractivity contribution in [3.8, 4) is 11.5 Å². The minimum atomic E-state index is -0.0689. The number of benzene rings is 2. The third-order valence-electron chi connectivity index (χ3n) is 4.16. The summed E-state index contributed by atoms with van der Waals surface area (Å²) < 4.78 is 11.0. The Hall–Kier alpha value is -2.82. The van der Waals surface area contributed by atoms with Gasteiger partial charge in [-0.15, -0.1) is 0 Å². The van der Waals surface area contributed by atoms with Gasteiger partial charge >= 0.3 is 0 Å². The van der Waals surface area contributed by atoms with E-state index < -0.39 is 0 Å². The van der Waals surface area contributed by atoms with Gasteiger partial charge in [-0.2, -0.15) is 0 Å². The Morgan fingerprint density at radius 2 is 1.56 bits per heavy atom. The van der Waals surface area contributed by atoms with Crippen molar-refractivity contribution < 1.29 is 19.1 Å². The fourth-order valence-corrected chi connectivity index (χ4v) is 2.73. The van der Waals surface area contributed by atoms with Gasteiger partial charge in [0, 0.05) is 37.6 Å². The summed E-state index contributed by atoms with van der Waals surface area (Å²) in [5.41, 5.74) is 1.55. The van der Waals surface area contributed by atoms with Gasteiger partial charge in [-0.1, -0.05) is 18.2 Å². The van der Waals surface area contributed by atoms with Crippen molar-refractivity contribution in [1.29, 1.82) is 0 Å². The summed E-state index contributed by atoms with van der Waals surface area (Å²) in [5.74, 6) is 1.40. The number of carbonyl (C=O) groups excluding carboxylic acids is 2. The normalized spacial score (nSPS) is 10.3. The van der Waals surface area contributed by atoms with Crippen molar-refractivity contribution in [3.63, 3.8) is 0 Å². The summed E-state index contributed by atoms with van der Waals surface area (Å²) in [6.07, 6.45) is 0.365. The van der Waals surface area contributed by atoms with Gasteiger partial charge in [0.2, 0.25) is 5.91 Å². The summed E-state index contributed by atoms with van der Waals surface area (Å²) >= 11 is 0. The van der Waals surface area contributed by atoms with Gasteiger partial charge in [0.15, 0.2) is 5.78 Å². The monoisotopic (exact) mass is 369 g/mol. The number of nitrogens with zero attached hydrogens (tertiary/aromatic N) is 1. The Kier molecular flexibility index (Phi) is 7.86. The molecule has 0 aliphatic carbocycles. The van der Waals surface area contributed by atoms with E-state index in [0.717, 1.165) is 17.1 Å². The van der Waals surface area contributed by atoms with Crippen LogP contribution in [0.15, 0.2) is 48.5 Å². The molecule has 0 bridgehead atoms. The van der Waals surface area contributed by atoms with Crippen molar-refractivity contribution >= 4 is 11.7 Å². The smallest absolute Gasteiger partial charge is 0.223 e. The number of hydrogen-bond acceptors (Lipinski definition) is 4. The Morgan fingerprint density at radius 1 is 0.889 bits per heavy atom. The second kappa shape index (κ2) is 10.4. The number of para-hydroxylation sites is 1. The lowest BCUT2D eigenvalue weighted by Crippen LogP contribution is -2.26. The van der Waals surface area contributed by atoms with Gasteiger partial charge in [0.1, 0.15) is 11.5 Å². The molecule has 27 heavy (non-hydrogen) atoms. The number of ether oxygens (including phenoxy) is 2. The Balaban J connectivity index is 1.88. The third-order valence-corrected chi connectivity index (χ3v) is 4.16. The molecule has 5 nitrogen and oxygen atoms in total. The maximum absolute atomic E-state index is 12.4. The number of carbonyl (C=O) groups is 2. The number of Topliss-reactive ketones (excluding diaryl/α,β-unsaturated/α-hetero) is 1. The van der Waals surface area contributed by atoms with E-state index in [-0.39, 0.29) is 24.5 Å². The molecule has 0 heterocycles. The number of amides is 1. The molecule has 2 rings (SSSR count).